The Balaban J connectivity index is 1.72. The summed E-state index contributed by atoms with van der Waals surface area (Å²) >= 11 is 0. The summed E-state index contributed by atoms with van der Waals surface area (Å²) < 4.78 is 0. The molecule has 0 N–H and O–H groups in total. The SMILES string of the molecule is O=C(c1ccccc1)N1C(=O)N2CC1Cc1ccccc12. The number of imide groups is 1. The molecule has 0 radical (unpaired) electrons. The van der Waals surface area contributed by atoms with Crippen molar-refractivity contribution in [2.45, 2.75) is 12.5 Å². The van der Waals surface area contributed by atoms with Crippen LogP contribution in [-0.4, -0.2) is 29.4 Å². The molecule has 2 heterocycles. The Morgan fingerprint density at radius 2 is 1.71 bits per heavy atom. The topological polar surface area (TPSA) is 40.6 Å². The summed E-state index contributed by atoms with van der Waals surface area (Å²) in [6, 6.07) is 16.6. The predicted molar refractivity (Wildman–Crippen MR) is 79.3 cm³/mol. The van der Waals surface area contributed by atoms with Gasteiger partial charge in [-0.05, 0) is 30.2 Å². The number of hydrogen-bond acceptors (Lipinski definition) is 2. The Hall–Kier alpha value is -2.62. The highest BCUT2D eigenvalue weighted by atomic mass is 16.2. The number of nitrogens with zero attached hydrogens (tertiary/aromatic N) is 2. The first-order valence-corrected chi connectivity index (χ1v) is 7.04. The molecule has 2 aromatic carbocycles. The van der Waals surface area contributed by atoms with Crippen LogP contribution in [0.1, 0.15) is 15.9 Å². The maximum absolute atomic E-state index is 12.6. The van der Waals surface area contributed by atoms with E-state index in [0.29, 0.717) is 12.1 Å². The number of amides is 3. The molecular formula is C17H14N2O2. The zero-order valence-electron chi connectivity index (χ0n) is 11.4. The van der Waals surface area contributed by atoms with E-state index in [4.69, 9.17) is 0 Å². The second-order valence-electron chi connectivity index (χ2n) is 5.42. The summed E-state index contributed by atoms with van der Waals surface area (Å²) in [5, 5.41) is 0. The predicted octanol–water partition coefficient (Wildman–Crippen LogP) is 2.69. The van der Waals surface area contributed by atoms with Crippen LogP contribution in [0.4, 0.5) is 10.5 Å². The first kappa shape index (κ1) is 12.1. The van der Waals surface area contributed by atoms with Crippen LogP contribution in [0.2, 0.25) is 0 Å². The van der Waals surface area contributed by atoms with Gasteiger partial charge in [-0.3, -0.25) is 14.6 Å². The van der Waals surface area contributed by atoms with Crippen LogP contribution >= 0.6 is 0 Å². The van der Waals surface area contributed by atoms with Crippen molar-refractivity contribution in [2.24, 2.45) is 0 Å². The summed E-state index contributed by atoms with van der Waals surface area (Å²) in [6.45, 7) is 0.592. The average Bonchev–Trinajstić information content (AvgIpc) is 2.80. The van der Waals surface area contributed by atoms with Crippen molar-refractivity contribution in [3.63, 3.8) is 0 Å². The molecule has 2 bridgehead atoms. The van der Waals surface area contributed by atoms with Crippen molar-refractivity contribution in [1.29, 1.82) is 0 Å². The minimum atomic E-state index is -0.209. The highest BCUT2D eigenvalue weighted by Crippen LogP contribution is 2.35. The van der Waals surface area contributed by atoms with Gasteiger partial charge in [0.1, 0.15) is 0 Å². The Morgan fingerprint density at radius 1 is 1.00 bits per heavy atom. The molecule has 2 aliphatic heterocycles. The van der Waals surface area contributed by atoms with Crippen LogP contribution in [0, 0.1) is 0 Å². The van der Waals surface area contributed by atoms with E-state index in [1.165, 1.54) is 4.90 Å². The largest absolute Gasteiger partial charge is 0.331 e. The molecule has 1 fully saturated rings. The maximum Gasteiger partial charge on any atom is 0.331 e. The van der Waals surface area contributed by atoms with Crippen LogP contribution in [0.3, 0.4) is 0 Å². The minimum absolute atomic E-state index is 0.0693. The van der Waals surface area contributed by atoms with Gasteiger partial charge in [-0.15, -0.1) is 0 Å². The molecule has 0 saturated carbocycles. The number of hydrogen-bond donors (Lipinski definition) is 0. The van der Waals surface area contributed by atoms with E-state index in [9.17, 15) is 9.59 Å². The summed E-state index contributed by atoms with van der Waals surface area (Å²) in [5.74, 6) is -0.207. The highest BCUT2D eigenvalue weighted by molar-refractivity contribution is 6.11. The van der Waals surface area contributed by atoms with Gasteiger partial charge in [0.05, 0.1) is 6.04 Å². The van der Waals surface area contributed by atoms with E-state index in [0.717, 1.165) is 17.7 Å². The maximum atomic E-state index is 12.6. The molecule has 0 aliphatic carbocycles. The van der Waals surface area contributed by atoms with E-state index < -0.39 is 0 Å². The molecule has 4 nitrogen and oxygen atoms in total. The molecular weight excluding hydrogens is 264 g/mol. The average molecular weight is 278 g/mol. The summed E-state index contributed by atoms with van der Waals surface area (Å²) in [7, 11) is 0. The van der Waals surface area contributed by atoms with E-state index in [1.54, 1.807) is 17.0 Å². The van der Waals surface area contributed by atoms with E-state index in [2.05, 4.69) is 0 Å². The standard InChI is InChI=1S/C17H14N2O2/c20-16(12-6-2-1-3-7-12)19-14-10-13-8-4-5-9-15(13)18(11-14)17(19)21/h1-9,14H,10-11H2. The summed E-state index contributed by atoms with van der Waals surface area (Å²) in [4.78, 5) is 28.3. The van der Waals surface area contributed by atoms with Crippen LogP contribution in [-0.2, 0) is 6.42 Å². The van der Waals surface area contributed by atoms with Crippen LogP contribution in [0.5, 0.6) is 0 Å². The number of carbonyl (C=O) groups excluding carboxylic acids is 2. The summed E-state index contributed by atoms with van der Waals surface area (Å²) in [5.41, 5.74) is 2.62. The van der Waals surface area contributed by atoms with Gasteiger partial charge in [0.2, 0.25) is 0 Å². The van der Waals surface area contributed by atoms with Gasteiger partial charge in [0.25, 0.3) is 5.91 Å². The molecule has 0 spiro atoms. The fraction of sp³-hybridized carbons (Fsp3) is 0.176. The second kappa shape index (κ2) is 4.45. The molecule has 0 aromatic heterocycles. The van der Waals surface area contributed by atoms with Crippen molar-refractivity contribution < 1.29 is 9.59 Å². The van der Waals surface area contributed by atoms with Gasteiger partial charge in [-0.2, -0.15) is 0 Å². The molecule has 3 amide bonds. The molecule has 2 aromatic rings. The highest BCUT2D eigenvalue weighted by Gasteiger charge is 2.45. The van der Waals surface area contributed by atoms with Gasteiger partial charge < -0.3 is 0 Å². The van der Waals surface area contributed by atoms with Crippen LogP contribution in [0.15, 0.2) is 54.6 Å². The van der Waals surface area contributed by atoms with E-state index in [1.807, 2.05) is 42.5 Å². The third-order valence-electron chi connectivity index (χ3n) is 4.17. The number of benzene rings is 2. The third kappa shape index (κ3) is 1.76. The fourth-order valence-electron chi connectivity index (χ4n) is 3.19. The monoisotopic (exact) mass is 278 g/mol. The molecule has 1 saturated heterocycles. The number of para-hydroxylation sites is 1. The van der Waals surface area contributed by atoms with Crippen molar-refractivity contribution in [3.8, 4) is 0 Å². The smallest absolute Gasteiger partial charge is 0.292 e. The first-order valence-electron chi connectivity index (χ1n) is 7.04. The second-order valence-corrected chi connectivity index (χ2v) is 5.42. The van der Waals surface area contributed by atoms with Gasteiger partial charge in [0, 0.05) is 17.8 Å². The van der Waals surface area contributed by atoms with Gasteiger partial charge in [-0.1, -0.05) is 36.4 Å². The van der Waals surface area contributed by atoms with Crippen LogP contribution < -0.4 is 4.90 Å². The molecule has 104 valence electrons. The molecule has 1 unspecified atom stereocenters. The van der Waals surface area contributed by atoms with Gasteiger partial charge >= 0.3 is 6.03 Å². The zero-order chi connectivity index (χ0) is 14.4. The summed E-state index contributed by atoms with van der Waals surface area (Å²) in [6.07, 6.45) is 0.733. The number of anilines is 1. The molecule has 4 rings (SSSR count). The minimum Gasteiger partial charge on any atom is -0.292 e. The number of carbonyl (C=O) groups is 2. The van der Waals surface area contributed by atoms with Crippen LogP contribution in [0.25, 0.3) is 0 Å². The molecule has 1 atom stereocenters. The normalized spacial score (nSPS) is 19.6. The van der Waals surface area contributed by atoms with Gasteiger partial charge in [-0.25, -0.2) is 4.79 Å². The Morgan fingerprint density at radius 3 is 2.52 bits per heavy atom. The molecule has 21 heavy (non-hydrogen) atoms. The lowest BCUT2D eigenvalue weighted by Gasteiger charge is -2.24. The number of fused-ring (bicyclic) bond motifs is 4. The van der Waals surface area contributed by atoms with Crippen molar-refractivity contribution in [3.05, 3.63) is 65.7 Å². The lowest BCUT2D eigenvalue weighted by atomic mass is 9.99. The third-order valence-corrected chi connectivity index (χ3v) is 4.17. The fourth-order valence-corrected chi connectivity index (χ4v) is 3.19. The first-order chi connectivity index (χ1) is 10.3. The number of rotatable bonds is 1. The molecule has 4 heteroatoms. The van der Waals surface area contributed by atoms with Crippen molar-refractivity contribution >= 4 is 17.6 Å². The Bertz CT molecular complexity index is 727. The Labute approximate surface area is 122 Å². The quantitative estimate of drug-likeness (QED) is 0.804. The zero-order valence-corrected chi connectivity index (χ0v) is 11.4. The van der Waals surface area contributed by atoms with Gasteiger partial charge in [0.15, 0.2) is 0 Å². The Kier molecular flexibility index (Phi) is 2.57. The lowest BCUT2D eigenvalue weighted by Crippen LogP contribution is -2.40. The molecule has 2 aliphatic rings. The van der Waals surface area contributed by atoms with Crippen molar-refractivity contribution in [1.82, 2.24) is 4.90 Å². The van der Waals surface area contributed by atoms with E-state index in [-0.39, 0.29) is 18.0 Å². The van der Waals surface area contributed by atoms with Crippen molar-refractivity contribution in [2.75, 3.05) is 11.4 Å². The van der Waals surface area contributed by atoms with E-state index >= 15 is 0 Å². The number of urea groups is 1. The lowest BCUT2D eigenvalue weighted by molar-refractivity contribution is 0.0787.